The molecule has 1 aromatic carbocycles. The molecule has 3 N–H and O–H groups in total. The molecule has 0 bridgehead atoms. The summed E-state index contributed by atoms with van der Waals surface area (Å²) in [4.78, 5) is 38.0. The van der Waals surface area contributed by atoms with Gasteiger partial charge in [0.1, 0.15) is 18.8 Å². The Labute approximate surface area is 225 Å². The number of amides is 2. The molecular weight excluding hydrogens is 511 g/mol. The van der Waals surface area contributed by atoms with Crippen LogP contribution in [-0.2, 0) is 30.0 Å². The van der Waals surface area contributed by atoms with E-state index in [0.29, 0.717) is 51.4 Å². The van der Waals surface area contributed by atoms with Gasteiger partial charge in [-0.15, -0.1) is 0 Å². The first-order chi connectivity index (χ1) is 18.4. The van der Waals surface area contributed by atoms with Gasteiger partial charge in [0.05, 0.1) is 0 Å². The molecule has 1 heterocycles. The van der Waals surface area contributed by atoms with Crippen molar-refractivity contribution in [2.24, 2.45) is 0 Å². The largest absolute Gasteiger partial charge is 0.480 e. The monoisotopic (exact) mass is 554 g/mol. The van der Waals surface area contributed by atoms with Crippen LogP contribution in [0.25, 0.3) is 0 Å². The molecule has 1 fully saturated rings. The molecule has 1 aliphatic rings. The third-order valence-electron chi connectivity index (χ3n) is 6.53. The summed E-state index contributed by atoms with van der Waals surface area (Å²) in [6.45, 7) is 1.07. The van der Waals surface area contributed by atoms with Crippen molar-refractivity contribution in [2.75, 3.05) is 25.9 Å². The van der Waals surface area contributed by atoms with E-state index in [-0.39, 0.29) is 13.2 Å². The van der Waals surface area contributed by atoms with Crippen molar-refractivity contribution in [2.45, 2.75) is 89.4 Å². The van der Waals surface area contributed by atoms with Crippen molar-refractivity contribution in [1.29, 1.82) is 0 Å². The van der Waals surface area contributed by atoms with Gasteiger partial charge in [-0.1, -0.05) is 56.0 Å². The highest BCUT2D eigenvalue weighted by Crippen LogP contribution is 2.31. The number of alkyl carbamates (subject to hydrolysis) is 1. The number of ether oxygens (including phenoxy) is 1. The molecule has 38 heavy (non-hydrogen) atoms. The number of carboxylic acids is 1. The molecule has 214 valence electrons. The molecule has 0 saturated carbocycles. The van der Waals surface area contributed by atoms with Gasteiger partial charge < -0.3 is 29.7 Å². The highest BCUT2D eigenvalue weighted by molar-refractivity contribution is 7.39. The van der Waals surface area contributed by atoms with E-state index < -0.39 is 38.1 Å². The van der Waals surface area contributed by atoms with E-state index in [1.807, 2.05) is 30.3 Å². The van der Waals surface area contributed by atoms with Crippen molar-refractivity contribution < 1.29 is 38.4 Å². The maximum atomic E-state index is 13.2. The smallest absolute Gasteiger partial charge is 0.407 e. The fourth-order valence-electron chi connectivity index (χ4n) is 4.43. The number of carbonyl (C=O) groups is 3. The quantitative estimate of drug-likeness (QED) is 0.169. The Kier molecular flexibility index (Phi) is 15.7. The zero-order chi connectivity index (χ0) is 27.6. The number of hydrogen-bond acceptors (Lipinski definition) is 7. The predicted octanol–water partition coefficient (Wildman–Crippen LogP) is 4.35. The van der Waals surface area contributed by atoms with Crippen molar-refractivity contribution in [3.63, 3.8) is 0 Å². The highest BCUT2D eigenvalue weighted by atomic mass is 31.1. The lowest BCUT2D eigenvalue weighted by atomic mass is 10.1. The topological polar surface area (TPSA) is 142 Å². The second-order valence-corrected chi connectivity index (χ2v) is 11.1. The lowest BCUT2D eigenvalue weighted by Crippen LogP contribution is -2.45. The highest BCUT2D eigenvalue weighted by Gasteiger charge is 2.37. The number of aliphatic hydroxyl groups is 1. The summed E-state index contributed by atoms with van der Waals surface area (Å²) in [5.74, 6) is -1.46. The molecule has 0 aliphatic carbocycles. The zero-order valence-electron chi connectivity index (χ0n) is 22.1. The Morgan fingerprint density at radius 1 is 1.03 bits per heavy atom. The van der Waals surface area contributed by atoms with Crippen LogP contribution in [0.3, 0.4) is 0 Å². The first kappa shape index (κ1) is 31.8. The number of unbranched alkanes of at least 4 members (excludes halogenated alkanes) is 6. The van der Waals surface area contributed by atoms with Crippen molar-refractivity contribution in [1.82, 2.24) is 10.2 Å². The molecule has 1 unspecified atom stereocenters. The van der Waals surface area contributed by atoms with Crippen LogP contribution in [0, 0.1) is 0 Å². The van der Waals surface area contributed by atoms with Crippen LogP contribution in [-0.4, -0.2) is 71.1 Å². The fourth-order valence-corrected chi connectivity index (χ4v) is 5.62. The Bertz CT molecular complexity index is 870. The van der Waals surface area contributed by atoms with Gasteiger partial charge in [-0.2, -0.15) is 0 Å². The van der Waals surface area contributed by atoms with Gasteiger partial charge in [-0.3, -0.25) is 9.36 Å². The van der Waals surface area contributed by atoms with Crippen molar-refractivity contribution in [3.8, 4) is 0 Å². The van der Waals surface area contributed by atoms with E-state index in [2.05, 4.69) is 5.32 Å². The molecule has 10 nitrogen and oxygen atoms in total. The summed E-state index contributed by atoms with van der Waals surface area (Å²) < 4.78 is 23.6. The first-order valence-corrected chi connectivity index (χ1v) is 15.2. The number of rotatable bonds is 19. The number of carboxylic acid groups (broad SMARTS) is 1. The van der Waals surface area contributed by atoms with Crippen LogP contribution >= 0.6 is 8.03 Å². The van der Waals surface area contributed by atoms with Gasteiger partial charge in [0.2, 0.25) is 0 Å². The Morgan fingerprint density at radius 2 is 1.74 bits per heavy atom. The number of carbonyl (C=O) groups excluding carboxylic acids is 2. The summed E-state index contributed by atoms with van der Waals surface area (Å²) in [6, 6.07) is 8.47. The van der Waals surface area contributed by atoms with Crippen LogP contribution in [0.5, 0.6) is 0 Å². The van der Waals surface area contributed by atoms with Crippen molar-refractivity contribution in [3.05, 3.63) is 35.9 Å². The van der Waals surface area contributed by atoms with Gasteiger partial charge >= 0.3 is 12.1 Å². The molecule has 1 aromatic rings. The lowest BCUT2D eigenvalue weighted by Gasteiger charge is -2.26. The average Bonchev–Trinajstić information content (AvgIpc) is 3.41. The molecule has 1 saturated heterocycles. The number of aliphatic carboxylic acids is 1. The zero-order valence-corrected chi connectivity index (χ0v) is 23.1. The van der Waals surface area contributed by atoms with E-state index >= 15 is 0 Å². The van der Waals surface area contributed by atoms with Crippen LogP contribution in [0.4, 0.5) is 4.79 Å². The second kappa shape index (κ2) is 18.8. The van der Waals surface area contributed by atoms with E-state index in [4.69, 9.17) is 14.4 Å². The second-order valence-electron chi connectivity index (χ2n) is 9.59. The molecule has 3 atom stereocenters. The van der Waals surface area contributed by atoms with E-state index in [0.717, 1.165) is 44.1 Å². The minimum Gasteiger partial charge on any atom is -0.480 e. The summed E-state index contributed by atoms with van der Waals surface area (Å²) in [5.41, 5.74) is 0.889. The van der Waals surface area contributed by atoms with E-state index in [1.165, 1.54) is 4.90 Å². The Morgan fingerprint density at radius 3 is 2.45 bits per heavy atom. The summed E-state index contributed by atoms with van der Waals surface area (Å²) in [5, 5.41) is 21.0. The minimum atomic E-state index is -2.46. The van der Waals surface area contributed by atoms with E-state index in [1.54, 1.807) is 0 Å². The molecule has 2 rings (SSSR count). The van der Waals surface area contributed by atoms with Crippen LogP contribution in [0.15, 0.2) is 30.3 Å². The number of hydrogen-bond donors (Lipinski definition) is 3. The molecule has 11 heteroatoms. The molecule has 1 aliphatic heterocycles. The molecule has 0 spiro atoms. The van der Waals surface area contributed by atoms with Gasteiger partial charge in [-0.05, 0) is 50.5 Å². The number of likely N-dealkylation sites (tertiary alicyclic amines) is 1. The van der Waals surface area contributed by atoms with Gasteiger partial charge in [-0.25, -0.2) is 9.59 Å². The first-order valence-electron chi connectivity index (χ1n) is 13.7. The average molecular weight is 555 g/mol. The third-order valence-corrected chi connectivity index (χ3v) is 7.84. The lowest BCUT2D eigenvalue weighted by molar-refractivity contribution is -0.151. The van der Waals surface area contributed by atoms with E-state index in [9.17, 15) is 24.1 Å². The SMILES string of the molecule is O=C(NCCCC[C@H](O[PH](=O)CCCCCCCCO)C(=O)N1CCC[C@H]1C(=O)O)OCc1ccccc1. The van der Waals surface area contributed by atoms with Crippen LogP contribution in [0.1, 0.15) is 76.2 Å². The third kappa shape index (κ3) is 12.4. The number of nitrogens with zero attached hydrogens (tertiary/aromatic N) is 1. The molecular formula is C27H43N2O8P. The standard InChI is InChI=1S/C27H43N2O8P/c30-19-10-3-1-2-4-11-20-38(35)37-24(25(31)29-18-12-15-23(29)26(32)33)16-8-9-17-28-27(34)36-21-22-13-6-5-7-14-22/h5-7,13-14,23-24,30,38H,1-4,8-12,15-21H2,(H,28,34)(H,32,33)/t23-,24-/m0/s1. The Balaban J connectivity index is 1.77. The van der Waals surface area contributed by atoms with Gasteiger partial charge in [0.15, 0.2) is 8.03 Å². The Hall–Kier alpha value is -2.42. The molecule has 0 radical (unpaired) electrons. The normalized spacial score (nSPS) is 16.7. The van der Waals surface area contributed by atoms with Crippen LogP contribution in [0.2, 0.25) is 0 Å². The number of benzene rings is 1. The van der Waals surface area contributed by atoms with Gasteiger partial charge in [0.25, 0.3) is 5.91 Å². The summed E-state index contributed by atoms with van der Waals surface area (Å²) in [6.07, 6.45) is 6.69. The minimum absolute atomic E-state index is 0.175. The summed E-state index contributed by atoms with van der Waals surface area (Å²) >= 11 is 0. The maximum Gasteiger partial charge on any atom is 0.407 e. The predicted molar refractivity (Wildman–Crippen MR) is 144 cm³/mol. The van der Waals surface area contributed by atoms with Crippen molar-refractivity contribution >= 4 is 26.0 Å². The van der Waals surface area contributed by atoms with Gasteiger partial charge in [0, 0.05) is 25.9 Å². The number of aliphatic hydroxyl groups excluding tert-OH is 1. The maximum absolute atomic E-state index is 13.2. The number of nitrogens with one attached hydrogen (secondary N) is 1. The summed E-state index contributed by atoms with van der Waals surface area (Å²) in [7, 11) is -2.46. The fraction of sp³-hybridized carbons (Fsp3) is 0.667. The van der Waals surface area contributed by atoms with Crippen LogP contribution < -0.4 is 5.32 Å². The molecule has 2 amide bonds. The molecule has 0 aromatic heterocycles.